The Bertz CT molecular complexity index is 565. The molecule has 87 valence electrons. The standard InChI is InChI=1S/C13H12NO2S/c15-17(16,13-9-5-2-6-10-13)14-11-12-7-3-1-4-8-12/h1-10H,11H2. The van der Waals surface area contributed by atoms with Gasteiger partial charge in [0.1, 0.15) is 0 Å². The molecule has 0 aliphatic rings. The number of sulfonamides is 1. The van der Waals surface area contributed by atoms with Crippen LogP contribution in [-0.2, 0) is 16.6 Å². The van der Waals surface area contributed by atoms with Crippen LogP contribution in [0.1, 0.15) is 5.56 Å². The minimum Gasteiger partial charge on any atom is -0.206 e. The minimum absolute atomic E-state index is 0.179. The van der Waals surface area contributed by atoms with Crippen molar-refractivity contribution in [1.29, 1.82) is 0 Å². The number of nitrogens with zero attached hydrogens (tertiary/aromatic N) is 1. The van der Waals surface area contributed by atoms with Crippen LogP contribution in [0.3, 0.4) is 0 Å². The fourth-order valence-corrected chi connectivity index (χ4v) is 2.38. The lowest BCUT2D eigenvalue weighted by Gasteiger charge is -2.04. The van der Waals surface area contributed by atoms with Crippen molar-refractivity contribution in [2.24, 2.45) is 0 Å². The average Bonchev–Trinajstić information content (AvgIpc) is 2.39. The molecule has 2 rings (SSSR count). The monoisotopic (exact) mass is 246 g/mol. The Morgan fingerprint density at radius 3 is 1.94 bits per heavy atom. The third-order valence-corrected chi connectivity index (χ3v) is 3.64. The van der Waals surface area contributed by atoms with E-state index in [1.165, 1.54) is 0 Å². The van der Waals surface area contributed by atoms with Gasteiger partial charge in [0.15, 0.2) is 0 Å². The van der Waals surface area contributed by atoms with Crippen molar-refractivity contribution in [3.8, 4) is 0 Å². The van der Waals surface area contributed by atoms with Gasteiger partial charge in [0.2, 0.25) is 0 Å². The van der Waals surface area contributed by atoms with Gasteiger partial charge in [0.05, 0.1) is 11.4 Å². The van der Waals surface area contributed by atoms with E-state index < -0.39 is 10.0 Å². The van der Waals surface area contributed by atoms with Crippen LogP contribution in [0.25, 0.3) is 0 Å². The lowest BCUT2D eigenvalue weighted by molar-refractivity contribution is 0.579. The highest BCUT2D eigenvalue weighted by Gasteiger charge is 2.14. The molecular formula is C13H12NO2S. The molecule has 0 aromatic heterocycles. The summed E-state index contributed by atoms with van der Waals surface area (Å²) in [4.78, 5) is 0.232. The van der Waals surface area contributed by atoms with Gasteiger partial charge in [-0.3, -0.25) is 0 Å². The summed E-state index contributed by atoms with van der Waals surface area (Å²) in [7, 11) is -3.53. The van der Waals surface area contributed by atoms with Gasteiger partial charge in [-0.15, -0.1) is 4.72 Å². The number of hydrogen-bond acceptors (Lipinski definition) is 2. The summed E-state index contributed by atoms with van der Waals surface area (Å²) in [6, 6.07) is 17.5. The fraction of sp³-hybridized carbons (Fsp3) is 0.0769. The van der Waals surface area contributed by atoms with Crippen molar-refractivity contribution in [2.45, 2.75) is 11.4 Å². The maximum Gasteiger partial charge on any atom is 0.257 e. The van der Waals surface area contributed by atoms with Crippen molar-refractivity contribution in [1.82, 2.24) is 4.72 Å². The number of hydrogen-bond donors (Lipinski definition) is 0. The normalized spacial score (nSPS) is 11.3. The molecule has 4 heteroatoms. The molecule has 0 amide bonds. The Balaban J connectivity index is 2.09. The molecule has 0 aliphatic heterocycles. The molecule has 0 bridgehead atoms. The van der Waals surface area contributed by atoms with Crippen LogP contribution in [0.2, 0.25) is 0 Å². The summed E-state index contributed by atoms with van der Waals surface area (Å²) in [5.41, 5.74) is 0.881. The van der Waals surface area contributed by atoms with Crippen molar-refractivity contribution in [3.63, 3.8) is 0 Å². The van der Waals surface area contributed by atoms with E-state index in [-0.39, 0.29) is 11.4 Å². The summed E-state index contributed by atoms with van der Waals surface area (Å²) in [5.74, 6) is 0. The molecular weight excluding hydrogens is 234 g/mol. The van der Waals surface area contributed by atoms with E-state index in [1.807, 2.05) is 30.3 Å². The van der Waals surface area contributed by atoms with Crippen LogP contribution in [0.15, 0.2) is 65.6 Å². The lowest BCUT2D eigenvalue weighted by atomic mass is 10.2. The van der Waals surface area contributed by atoms with E-state index in [4.69, 9.17) is 0 Å². The maximum absolute atomic E-state index is 11.8. The predicted molar refractivity (Wildman–Crippen MR) is 65.9 cm³/mol. The van der Waals surface area contributed by atoms with Crippen LogP contribution in [0.4, 0.5) is 0 Å². The second-order valence-corrected chi connectivity index (χ2v) is 5.24. The summed E-state index contributed by atoms with van der Waals surface area (Å²) >= 11 is 0. The third kappa shape index (κ3) is 3.15. The minimum atomic E-state index is -3.53. The first-order valence-electron chi connectivity index (χ1n) is 5.21. The summed E-state index contributed by atoms with van der Waals surface area (Å²) < 4.78 is 27.4. The molecule has 0 spiro atoms. The molecule has 0 unspecified atom stereocenters. The van der Waals surface area contributed by atoms with Gasteiger partial charge in [-0.25, -0.2) is 8.42 Å². The molecule has 2 aromatic carbocycles. The highest BCUT2D eigenvalue weighted by molar-refractivity contribution is 7.89. The summed E-state index contributed by atoms with van der Waals surface area (Å²) in [6.07, 6.45) is 0. The van der Waals surface area contributed by atoms with Crippen LogP contribution in [-0.4, -0.2) is 8.42 Å². The van der Waals surface area contributed by atoms with Crippen molar-refractivity contribution in [2.75, 3.05) is 0 Å². The van der Waals surface area contributed by atoms with E-state index in [9.17, 15) is 8.42 Å². The van der Waals surface area contributed by atoms with E-state index in [0.29, 0.717) is 0 Å². The molecule has 0 atom stereocenters. The molecule has 0 saturated carbocycles. The molecule has 0 aliphatic carbocycles. The molecule has 17 heavy (non-hydrogen) atoms. The third-order valence-electron chi connectivity index (χ3n) is 2.30. The topological polar surface area (TPSA) is 48.2 Å². The Hall–Kier alpha value is -1.65. The SMILES string of the molecule is O=S(=O)([N]Cc1ccccc1)c1ccccc1. The average molecular weight is 246 g/mol. The first-order valence-corrected chi connectivity index (χ1v) is 6.65. The van der Waals surface area contributed by atoms with Crippen LogP contribution < -0.4 is 4.72 Å². The molecule has 3 nitrogen and oxygen atoms in total. The van der Waals surface area contributed by atoms with Gasteiger partial charge in [-0.2, -0.15) is 0 Å². The van der Waals surface area contributed by atoms with Crippen LogP contribution in [0.5, 0.6) is 0 Å². The smallest absolute Gasteiger partial charge is 0.206 e. The first kappa shape index (κ1) is 11.8. The van der Waals surface area contributed by atoms with Gasteiger partial charge in [0, 0.05) is 0 Å². The van der Waals surface area contributed by atoms with Gasteiger partial charge < -0.3 is 0 Å². The second-order valence-electron chi connectivity index (χ2n) is 3.56. The Kier molecular flexibility index (Phi) is 3.56. The highest BCUT2D eigenvalue weighted by Crippen LogP contribution is 2.09. The highest BCUT2D eigenvalue weighted by atomic mass is 32.2. The molecule has 0 heterocycles. The fourth-order valence-electron chi connectivity index (χ4n) is 1.41. The molecule has 1 radical (unpaired) electrons. The van der Waals surface area contributed by atoms with Crippen molar-refractivity contribution in [3.05, 3.63) is 66.2 Å². The van der Waals surface area contributed by atoms with Gasteiger partial charge in [-0.1, -0.05) is 48.5 Å². The van der Waals surface area contributed by atoms with E-state index >= 15 is 0 Å². The zero-order chi connectivity index (χ0) is 12.1. The van der Waals surface area contributed by atoms with Gasteiger partial charge in [0.25, 0.3) is 10.0 Å². The van der Waals surface area contributed by atoms with E-state index in [2.05, 4.69) is 4.72 Å². The Labute approximate surface area is 101 Å². The molecule has 2 aromatic rings. The van der Waals surface area contributed by atoms with Gasteiger partial charge >= 0.3 is 0 Å². The second kappa shape index (κ2) is 5.12. The van der Waals surface area contributed by atoms with Crippen LogP contribution >= 0.6 is 0 Å². The molecule has 0 N–H and O–H groups in total. The Morgan fingerprint density at radius 1 is 0.824 bits per heavy atom. The van der Waals surface area contributed by atoms with Crippen molar-refractivity contribution >= 4 is 10.0 Å². The largest absolute Gasteiger partial charge is 0.257 e. The zero-order valence-electron chi connectivity index (χ0n) is 9.15. The molecule has 0 saturated heterocycles. The molecule has 0 fully saturated rings. The summed E-state index contributed by atoms with van der Waals surface area (Å²) in [5, 5.41) is 0. The Morgan fingerprint density at radius 2 is 1.35 bits per heavy atom. The van der Waals surface area contributed by atoms with Crippen molar-refractivity contribution < 1.29 is 8.42 Å². The quantitative estimate of drug-likeness (QED) is 0.830. The summed E-state index contributed by atoms with van der Waals surface area (Å²) in [6.45, 7) is 0.179. The number of benzene rings is 2. The predicted octanol–water partition coefficient (Wildman–Crippen LogP) is 2.18. The number of rotatable bonds is 4. The lowest BCUT2D eigenvalue weighted by Crippen LogP contribution is -2.15. The van der Waals surface area contributed by atoms with E-state index in [1.54, 1.807) is 30.3 Å². The van der Waals surface area contributed by atoms with Gasteiger partial charge in [-0.05, 0) is 17.7 Å². The van der Waals surface area contributed by atoms with E-state index in [0.717, 1.165) is 5.56 Å². The zero-order valence-corrected chi connectivity index (χ0v) is 9.97. The van der Waals surface area contributed by atoms with Crippen LogP contribution in [0, 0.1) is 0 Å². The maximum atomic E-state index is 11.8. The first-order chi connectivity index (χ1) is 8.18.